The van der Waals surface area contributed by atoms with Crippen LogP contribution in [0.2, 0.25) is 0 Å². The van der Waals surface area contributed by atoms with Crippen LogP contribution in [0.4, 0.5) is 5.13 Å². The first-order valence-electron chi connectivity index (χ1n) is 6.86. The van der Waals surface area contributed by atoms with E-state index in [-0.39, 0.29) is 11.5 Å². The van der Waals surface area contributed by atoms with Gasteiger partial charge in [0, 0.05) is 12.0 Å². The van der Waals surface area contributed by atoms with Gasteiger partial charge in [-0.1, -0.05) is 0 Å². The van der Waals surface area contributed by atoms with Gasteiger partial charge in [0.1, 0.15) is 5.41 Å². The lowest BCUT2D eigenvalue weighted by Crippen LogP contribution is -2.35. The summed E-state index contributed by atoms with van der Waals surface area (Å²) >= 11 is 1.51. The van der Waals surface area contributed by atoms with Crippen molar-refractivity contribution in [3.63, 3.8) is 0 Å². The van der Waals surface area contributed by atoms with Gasteiger partial charge in [0.05, 0.1) is 24.4 Å². The molecule has 2 heterocycles. The number of aromatic nitrogens is 1. The number of hydrogen-bond donors (Lipinski definition) is 1. The molecule has 0 amide bonds. The fourth-order valence-corrected chi connectivity index (χ4v) is 3.09. The zero-order chi connectivity index (χ0) is 14.8. The number of ether oxygens (including phenoxy) is 2. The lowest BCUT2D eigenvalue weighted by atomic mass is 9.90. The van der Waals surface area contributed by atoms with E-state index < -0.39 is 5.41 Å². The van der Waals surface area contributed by atoms with Gasteiger partial charge in [0.15, 0.2) is 5.13 Å². The second-order valence-corrected chi connectivity index (χ2v) is 6.73. The highest BCUT2D eigenvalue weighted by atomic mass is 32.1. The van der Waals surface area contributed by atoms with E-state index in [1.807, 2.05) is 26.2 Å². The largest absolute Gasteiger partial charge is 0.465 e. The minimum atomic E-state index is -0.723. The van der Waals surface area contributed by atoms with Crippen LogP contribution in [0.15, 0.2) is 5.38 Å². The molecule has 1 aliphatic heterocycles. The van der Waals surface area contributed by atoms with Gasteiger partial charge < -0.3 is 14.8 Å². The molecule has 0 aromatic carbocycles. The molecular weight excluding hydrogens is 276 g/mol. The summed E-state index contributed by atoms with van der Waals surface area (Å²) in [7, 11) is 0. The summed E-state index contributed by atoms with van der Waals surface area (Å²) in [5, 5.41) is 6.15. The number of nitrogens with zero attached hydrogens (tertiary/aromatic N) is 1. The minimum absolute atomic E-state index is 0.0663. The van der Waals surface area contributed by atoms with Crippen molar-refractivity contribution in [3.05, 3.63) is 11.1 Å². The molecule has 1 atom stereocenters. The van der Waals surface area contributed by atoms with Crippen LogP contribution in [0.25, 0.3) is 0 Å². The predicted molar refractivity (Wildman–Crippen MR) is 79.2 cm³/mol. The smallest absolute Gasteiger partial charge is 0.317 e. The van der Waals surface area contributed by atoms with E-state index in [4.69, 9.17) is 9.47 Å². The number of rotatable bonds is 5. The summed E-state index contributed by atoms with van der Waals surface area (Å²) < 4.78 is 10.5. The van der Waals surface area contributed by atoms with E-state index in [9.17, 15) is 4.79 Å². The number of hydrogen-bond acceptors (Lipinski definition) is 6. The van der Waals surface area contributed by atoms with Crippen molar-refractivity contribution in [3.8, 4) is 0 Å². The molecule has 20 heavy (non-hydrogen) atoms. The van der Waals surface area contributed by atoms with Crippen LogP contribution in [0.1, 0.15) is 39.8 Å². The van der Waals surface area contributed by atoms with Crippen molar-refractivity contribution < 1.29 is 14.3 Å². The Bertz CT molecular complexity index is 479. The Balaban J connectivity index is 2.10. The molecule has 0 aliphatic carbocycles. The van der Waals surface area contributed by atoms with Crippen molar-refractivity contribution in [1.82, 2.24) is 4.98 Å². The fourth-order valence-electron chi connectivity index (χ4n) is 2.06. The zero-order valence-corrected chi connectivity index (χ0v) is 13.3. The van der Waals surface area contributed by atoms with E-state index in [0.29, 0.717) is 13.2 Å². The molecule has 112 valence electrons. The van der Waals surface area contributed by atoms with Crippen LogP contribution in [0, 0.1) is 0 Å². The molecule has 0 bridgehead atoms. The third-order valence-corrected chi connectivity index (χ3v) is 4.32. The zero-order valence-electron chi connectivity index (χ0n) is 12.5. The van der Waals surface area contributed by atoms with Gasteiger partial charge in [-0.15, -0.1) is 11.3 Å². The maximum absolute atomic E-state index is 12.0. The summed E-state index contributed by atoms with van der Waals surface area (Å²) in [6.07, 6.45) is 0.961. The molecule has 0 radical (unpaired) electrons. The van der Waals surface area contributed by atoms with Crippen LogP contribution in [0.5, 0.6) is 0 Å². The first-order chi connectivity index (χ1) is 9.37. The molecule has 1 saturated heterocycles. The van der Waals surface area contributed by atoms with Gasteiger partial charge >= 0.3 is 5.97 Å². The quantitative estimate of drug-likeness (QED) is 0.847. The standard InChI is InChI=1S/C14H22N2O3S/c1-5-19-11(17)13(2,3)10-8-20-12(15-10)16-14(4)6-7-18-9-14/h8H,5-7,9H2,1-4H3,(H,15,16). The maximum Gasteiger partial charge on any atom is 0.317 e. The molecule has 6 heteroatoms. The number of nitrogens with one attached hydrogen (secondary N) is 1. The summed E-state index contributed by atoms with van der Waals surface area (Å²) in [5.41, 5.74) is -0.0473. The fraction of sp³-hybridized carbons (Fsp3) is 0.714. The maximum atomic E-state index is 12.0. The topological polar surface area (TPSA) is 60.5 Å². The summed E-state index contributed by atoms with van der Waals surface area (Å²) in [4.78, 5) is 16.5. The number of carbonyl (C=O) groups excluding carboxylic acids is 1. The monoisotopic (exact) mass is 298 g/mol. The second kappa shape index (κ2) is 5.69. The van der Waals surface area contributed by atoms with Crippen LogP contribution < -0.4 is 5.32 Å². The van der Waals surface area contributed by atoms with Crippen molar-refractivity contribution in [2.24, 2.45) is 0 Å². The summed E-state index contributed by atoms with van der Waals surface area (Å²) in [5.74, 6) is -0.243. The van der Waals surface area contributed by atoms with Crippen molar-refractivity contribution >= 4 is 22.4 Å². The highest BCUT2D eigenvalue weighted by molar-refractivity contribution is 7.13. The van der Waals surface area contributed by atoms with Gasteiger partial charge in [-0.3, -0.25) is 4.79 Å². The van der Waals surface area contributed by atoms with Gasteiger partial charge in [-0.05, 0) is 34.1 Å². The molecule has 0 saturated carbocycles. The third kappa shape index (κ3) is 3.12. The highest BCUT2D eigenvalue weighted by Crippen LogP contribution is 2.31. The average molecular weight is 298 g/mol. The van der Waals surface area contributed by atoms with Gasteiger partial charge in [0.25, 0.3) is 0 Å². The van der Waals surface area contributed by atoms with Gasteiger partial charge in [-0.2, -0.15) is 0 Å². The Kier molecular flexibility index (Phi) is 4.34. The average Bonchev–Trinajstić information content (AvgIpc) is 2.99. The van der Waals surface area contributed by atoms with E-state index in [1.54, 1.807) is 0 Å². The Morgan fingerprint density at radius 3 is 3.00 bits per heavy atom. The van der Waals surface area contributed by atoms with E-state index >= 15 is 0 Å². The lowest BCUT2D eigenvalue weighted by molar-refractivity contribution is -0.148. The Hall–Kier alpha value is -1.14. The molecule has 1 unspecified atom stereocenters. The van der Waals surface area contributed by atoms with Crippen LogP contribution in [-0.2, 0) is 19.7 Å². The molecule has 5 nitrogen and oxygen atoms in total. The summed E-state index contributed by atoms with van der Waals surface area (Å²) in [6, 6.07) is 0. The number of thiazole rings is 1. The number of esters is 1. The first-order valence-corrected chi connectivity index (χ1v) is 7.74. The Labute approximate surface area is 123 Å². The van der Waals surface area contributed by atoms with Crippen LogP contribution >= 0.6 is 11.3 Å². The normalized spacial score (nSPS) is 22.8. The molecular formula is C14H22N2O3S. The molecule has 1 aromatic rings. The number of carbonyl (C=O) groups is 1. The Morgan fingerprint density at radius 2 is 2.40 bits per heavy atom. The predicted octanol–water partition coefficient (Wildman–Crippen LogP) is 2.57. The lowest BCUT2D eigenvalue weighted by Gasteiger charge is -2.23. The Morgan fingerprint density at radius 1 is 1.65 bits per heavy atom. The van der Waals surface area contributed by atoms with Crippen molar-refractivity contribution in [2.45, 2.75) is 45.1 Å². The number of anilines is 1. The second-order valence-electron chi connectivity index (χ2n) is 5.87. The van der Waals surface area contributed by atoms with E-state index in [1.165, 1.54) is 11.3 Å². The third-order valence-electron chi connectivity index (χ3n) is 3.56. The van der Waals surface area contributed by atoms with Crippen molar-refractivity contribution in [2.75, 3.05) is 25.1 Å². The SMILES string of the molecule is CCOC(=O)C(C)(C)c1csc(NC2(C)CCOC2)n1. The van der Waals surface area contributed by atoms with E-state index in [0.717, 1.165) is 23.9 Å². The molecule has 0 spiro atoms. The van der Waals surface area contributed by atoms with E-state index in [2.05, 4.69) is 17.2 Å². The van der Waals surface area contributed by atoms with Gasteiger partial charge in [0.2, 0.25) is 0 Å². The molecule has 2 rings (SSSR count). The molecule has 1 aromatic heterocycles. The summed E-state index contributed by atoms with van der Waals surface area (Å²) in [6.45, 7) is 9.45. The molecule has 1 N–H and O–H groups in total. The molecule has 1 fully saturated rings. The minimum Gasteiger partial charge on any atom is -0.465 e. The first kappa shape index (κ1) is 15.3. The highest BCUT2D eigenvalue weighted by Gasteiger charge is 2.35. The van der Waals surface area contributed by atoms with Gasteiger partial charge in [-0.25, -0.2) is 4.98 Å². The van der Waals surface area contributed by atoms with Crippen LogP contribution in [-0.4, -0.2) is 36.3 Å². The molecule has 1 aliphatic rings. The van der Waals surface area contributed by atoms with Crippen LogP contribution in [0.3, 0.4) is 0 Å². The van der Waals surface area contributed by atoms with Crippen molar-refractivity contribution in [1.29, 1.82) is 0 Å².